The molecule has 1 atom stereocenters. The Kier molecular flexibility index (Phi) is 5.24. The number of carbonyl (C=O) groups is 1. The van der Waals surface area contributed by atoms with Gasteiger partial charge in [-0.05, 0) is 72.2 Å². The lowest BCUT2D eigenvalue weighted by molar-refractivity contribution is 0.0504. The second-order valence-electron chi connectivity index (χ2n) is 8.83. The fourth-order valence-corrected chi connectivity index (χ4v) is 5.53. The van der Waals surface area contributed by atoms with Crippen LogP contribution in [0.3, 0.4) is 0 Å². The summed E-state index contributed by atoms with van der Waals surface area (Å²) in [5.74, 6) is 0.219. The number of fused-ring (bicyclic) bond motifs is 3. The van der Waals surface area contributed by atoms with E-state index in [2.05, 4.69) is 47.1 Å². The normalized spacial score (nSPS) is 19.9. The van der Waals surface area contributed by atoms with Crippen molar-refractivity contribution in [1.82, 2.24) is 9.88 Å². The lowest BCUT2D eigenvalue weighted by atomic mass is 9.83. The molecule has 3 aromatic rings. The standard InChI is InChI=1S/C26H27ClN2O/c1-17-13-23-22-10-6-5-9-21(22)19(14-18-11-12-25(27)28-16-18)15-24(23)26(30)29(17)20-7-3-2-4-8-20/h5-6,9-12,15-17,20H,2-4,7-8,13-14H2,1H3. The number of amides is 1. The molecule has 1 aliphatic heterocycles. The molecule has 2 aromatic carbocycles. The highest BCUT2D eigenvalue weighted by Gasteiger charge is 2.36. The predicted octanol–water partition coefficient (Wildman–Crippen LogP) is 6.20. The molecule has 1 fully saturated rings. The molecule has 1 aliphatic carbocycles. The van der Waals surface area contributed by atoms with Crippen LogP contribution in [0.2, 0.25) is 5.15 Å². The summed E-state index contributed by atoms with van der Waals surface area (Å²) in [5, 5.41) is 2.95. The van der Waals surface area contributed by atoms with Crippen LogP contribution in [-0.2, 0) is 12.8 Å². The summed E-state index contributed by atoms with van der Waals surface area (Å²) in [7, 11) is 0. The zero-order valence-electron chi connectivity index (χ0n) is 17.4. The quantitative estimate of drug-likeness (QED) is 0.474. The maximum Gasteiger partial charge on any atom is 0.254 e. The topological polar surface area (TPSA) is 33.2 Å². The Bertz CT molecular complexity index is 1090. The first-order valence-corrected chi connectivity index (χ1v) is 11.5. The summed E-state index contributed by atoms with van der Waals surface area (Å²) in [4.78, 5) is 20.1. The molecular weight excluding hydrogens is 392 g/mol. The highest BCUT2D eigenvalue weighted by Crippen LogP contribution is 2.36. The van der Waals surface area contributed by atoms with E-state index in [0.717, 1.165) is 36.8 Å². The third kappa shape index (κ3) is 3.50. The molecule has 0 N–H and O–H groups in total. The van der Waals surface area contributed by atoms with Crippen molar-refractivity contribution >= 4 is 28.3 Å². The molecule has 1 saturated carbocycles. The van der Waals surface area contributed by atoms with E-state index in [4.69, 9.17) is 11.6 Å². The molecular formula is C26H27ClN2O. The Hall–Kier alpha value is -2.39. The number of carbonyl (C=O) groups excluding carboxylic acids is 1. The first-order valence-electron chi connectivity index (χ1n) is 11.1. The average molecular weight is 419 g/mol. The number of aromatic nitrogens is 1. The molecule has 30 heavy (non-hydrogen) atoms. The second-order valence-corrected chi connectivity index (χ2v) is 9.22. The van der Waals surface area contributed by atoms with E-state index in [-0.39, 0.29) is 11.9 Å². The number of benzene rings is 2. The van der Waals surface area contributed by atoms with Crippen LogP contribution in [0.4, 0.5) is 0 Å². The van der Waals surface area contributed by atoms with Gasteiger partial charge in [0, 0.05) is 23.8 Å². The molecule has 3 nitrogen and oxygen atoms in total. The van der Waals surface area contributed by atoms with E-state index in [1.807, 2.05) is 18.3 Å². The average Bonchev–Trinajstić information content (AvgIpc) is 2.77. The Morgan fingerprint density at radius 3 is 2.57 bits per heavy atom. The van der Waals surface area contributed by atoms with Gasteiger partial charge in [0.15, 0.2) is 0 Å². The molecule has 0 spiro atoms. The van der Waals surface area contributed by atoms with Gasteiger partial charge in [-0.2, -0.15) is 0 Å². The summed E-state index contributed by atoms with van der Waals surface area (Å²) in [5.41, 5.74) is 4.40. The van der Waals surface area contributed by atoms with Crippen LogP contribution in [0.5, 0.6) is 0 Å². The van der Waals surface area contributed by atoms with Crippen molar-refractivity contribution in [2.45, 2.75) is 64.0 Å². The molecule has 4 heteroatoms. The number of hydrogen-bond donors (Lipinski definition) is 0. The minimum absolute atomic E-state index is 0.219. The van der Waals surface area contributed by atoms with Crippen molar-refractivity contribution in [2.75, 3.05) is 0 Å². The van der Waals surface area contributed by atoms with Gasteiger partial charge in [0.25, 0.3) is 5.91 Å². The van der Waals surface area contributed by atoms with E-state index >= 15 is 0 Å². The van der Waals surface area contributed by atoms with Crippen molar-refractivity contribution < 1.29 is 4.79 Å². The third-order valence-electron chi connectivity index (χ3n) is 6.83. The van der Waals surface area contributed by atoms with Crippen LogP contribution in [-0.4, -0.2) is 27.9 Å². The molecule has 1 unspecified atom stereocenters. The van der Waals surface area contributed by atoms with Gasteiger partial charge in [-0.15, -0.1) is 0 Å². The molecule has 0 bridgehead atoms. The molecule has 154 valence electrons. The van der Waals surface area contributed by atoms with Gasteiger partial charge in [0.2, 0.25) is 0 Å². The van der Waals surface area contributed by atoms with Crippen molar-refractivity contribution in [3.8, 4) is 0 Å². The van der Waals surface area contributed by atoms with Crippen molar-refractivity contribution in [3.05, 3.63) is 76.1 Å². The largest absolute Gasteiger partial charge is 0.333 e. The van der Waals surface area contributed by atoms with E-state index in [1.54, 1.807) is 0 Å². The van der Waals surface area contributed by atoms with Gasteiger partial charge in [0.1, 0.15) is 5.15 Å². The minimum atomic E-state index is 0.219. The number of hydrogen-bond acceptors (Lipinski definition) is 2. The summed E-state index contributed by atoms with van der Waals surface area (Å²) < 4.78 is 0. The van der Waals surface area contributed by atoms with Crippen LogP contribution < -0.4 is 0 Å². The van der Waals surface area contributed by atoms with Crippen LogP contribution in [0.1, 0.15) is 66.1 Å². The van der Waals surface area contributed by atoms with E-state index in [0.29, 0.717) is 11.2 Å². The highest BCUT2D eigenvalue weighted by atomic mass is 35.5. The smallest absolute Gasteiger partial charge is 0.254 e. The number of rotatable bonds is 3. The molecule has 2 aliphatic rings. The van der Waals surface area contributed by atoms with Crippen LogP contribution in [0.25, 0.3) is 10.8 Å². The SMILES string of the molecule is CC1Cc2c(cc(Cc3ccc(Cl)nc3)c3ccccc23)C(=O)N1C1CCCCC1. The summed E-state index contributed by atoms with van der Waals surface area (Å²) >= 11 is 5.97. The van der Waals surface area contributed by atoms with Crippen molar-refractivity contribution in [3.63, 3.8) is 0 Å². The number of pyridine rings is 1. The monoisotopic (exact) mass is 418 g/mol. The Balaban J connectivity index is 1.59. The van der Waals surface area contributed by atoms with Crippen molar-refractivity contribution in [2.24, 2.45) is 0 Å². The molecule has 1 amide bonds. The number of halogens is 1. The lowest BCUT2D eigenvalue weighted by Gasteiger charge is -2.42. The Morgan fingerprint density at radius 1 is 1.07 bits per heavy atom. The second kappa shape index (κ2) is 8.03. The minimum Gasteiger partial charge on any atom is -0.333 e. The van der Waals surface area contributed by atoms with E-state index in [9.17, 15) is 4.79 Å². The molecule has 2 heterocycles. The third-order valence-corrected chi connectivity index (χ3v) is 7.06. The van der Waals surface area contributed by atoms with Gasteiger partial charge >= 0.3 is 0 Å². The van der Waals surface area contributed by atoms with Gasteiger partial charge < -0.3 is 4.90 Å². The predicted molar refractivity (Wildman–Crippen MR) is 122 cm³/mol. The van der Waals surface area contributed by atoms with Gasteiger partial charge in [-0.3, -0.25) is 4.79 Å². The first kappa shape index (κ1) is 19.6. The van der Waals surface area contributed by atoms with Crippen molar-refractivity contribution in [1.29, 1.82) is 0 Å². The maximum atomic E-state index is 13.7. The van der Waals surface area contributed by atoms with Gasteiger partial charge in [0.05, 0.1) is 0 Å². The highest BCUT2D eigenvalue weighted by molar-refractivity contribution is 6.29. The fraction of sp³-hybridized carbons (Fsp3) is 0.385. The molecule has 5 rings (SSSR count). The van der Waals surface area contributed by atoms with E-state index < -0.39 is 0 Å². The zero-order valence-corrected chi connectivity index (χ0v) is 18.2. The lowest BCUT2D eigenvalue weighted by Crippen LogP contribution is -2.50. The van der Waals surface area contributed by atoms with Crippen LogP contribution >= 0.6 is 11.6 Å². The Labute approximate surface area is 183 Å². The Morgan fingerprint density at radius 2 is 1.83 bits per heavy atom. The molecule has 0 radical (unpaired) electrons. The molecule has 1 aromatic heterocycles. The summed E-state index contributed by atoms with van der Waals surface area (Å²) in [6, 6.07) is 15.2. The van der Waals surface area contributed by atoms with Crippen LogP contribution in [0, 0.1) is 0 Å². The number of nitrogens with zero attached hydrogens (tertiary/aromatic N) is 2. The molecule has 0 saturated heterocycles. The van der Waals surface area contributed by atoms with Gasteiger partial charge in [-0.1, -0.05) is 61.2 Å². The summed E-state index contributed by atoms with van der Waals surface area (Å²) in [6.07, 6.45) is 9.55. The fourth-order valence-electron chi connectivity index (χ4n) is 5.42. The summed E-state index contributed by atoms with van der Waals surface area (Å²) in [6.45, 7) is 2.22. The maximum absolute atomic E-state index is 13.7. The van der Waals surface area contributed by atoms with Gasteiger partial charge in [-0.25, -0.2) is 4.98 Å². The first-order chi connectivity index (χ1) is 14.6. The van der Waals surface area contributed by atoms with Crippen LogP contribution in [0.15, 0.2) is 48.7 Å². The zero-order chi connectivity index (χ0) is 20.7. The van der Waals surface area contributed by atoms with E-state index in [1.165, 1.54) is 41.2 Å².